The predicted octanol–water partition coefficient (Wildman–Crippen LogP) is 1.67. The molecule has 1 aromatic heterocycles. The molecule has 1 aliphatic heterocycles. The molecule has 0 aliphatic carbocycles. The minimum atomic E-state index is 0.127. The molecule has 1 N–H and O–H groups in total. The molecule has 2 heterocycles. The topological polar surface area (TPSA) is 47.0 Å². The Kier molecular flexibility index (Phi) is 3.33. The van der Waals surface area contributed by atoms with E-state index in [4.69, 9.17) is 4.74 Å². The third-order valence-corrected chi connectivity index (χ3v) is 3.32. The highest BCUT2D eigenvalue weighted by molar-refractivity contribution is 7.05. The lowest BCUT2D eigenvalue weighted by atomic mass is 10.1. The van der Waals surface area contributed by atoms with Crippen LogP contribution >= 0.6 is 11.5 Å². The van der Waals surface area contributed by atoms with Crippen molar-refractivity contribution in [1.29, 1.82) is 0 Å². The van der Waals surface area contributed by atoms with E-state index in [0.717, 1.165) is 30.9 Å². The van der Waals surface area contributed by atoms with Gasteiger partial charge in [-0.05, 0) is 31.1 Å². The van der Waals surface area contributed by atoms with E-state index < -0.39 is 0 Å². The molecule has 15 heavy (non-hydrogen) atoms. The summed E-state index contributed by atoms with van der Waals surface area (Å²) in [6.07, 6.45) is 4.05. The molecule has 1 aromatic rings. The van der Waals surface area contributed by atoms with Crippen LogP contribution in [0.1, 0.15) is 30.0 Å². The summed E-state index contributed by atoms with van der Waals surface area (Å²) >= 11 is 1.45. The molecule has 0 fully saturated rings. The smallest absolute Gasteiger partial charge is 0.115 e. The molecule has 0 amide bonds. The second kappa shape index (κ2) is 4.72. The summed E-state index contributed by atoms with van der Waals surface area (Å²) in [5, 5.41) is 7.38. The first-order valence-corrected chi connectivity index (χ1v) is 5.95. The maximum Gasteiger partial charge on any atom is 0.115 e. The Bertz CT molecular complexity index is 361. The summed E-state index contributed by atoms with van der Waals surface area (Å²) in [5.41, 5.74) is 1.07. The molecule has 0 saturated heterocycles. The highest BCUT2D eigenvalue weighted by atomic mass is 32.1. The van der Waals surface area contributed by atoms with Crippen molar-refractivity contribution < 1.29 is 4.74 Å². The lowest BCUT2D eigenvalue weighted by molar-refractivity contribution is 0.218. The first-order valence-electron chi connectivity index (χ1n) is 5.18. The van der Waals surface area contributed by atoms with Gasteiger partial charge in [-0.3, -0.25) is 0 Å². The van der Waals surface area contributed by atoms with Crippen LogP contribution < -0.4 is 5.32 Å². The lowest BCUT2D eigenvalue weighted by Gasteiger charge is -2.16. The standard InChI is InChI=1S/C10H15N3OS/c1-3-7-10(15-13-12-7)9(11-2)8-5-4-6-14-8/h5,9,11H,3-4,6H2,1-2H3. The zero-order valence-electron chi connectivity index (χ0n) is 8.99. The monoisotopic (exact) mass is 225 g/mol. The fourth-order valence-electron chi connectivity index (χ4n) is 1.72. The fraction of sp³-hybridized carbons (Fsp3) is 0.600. The maximum absolute atomic E-state index is 5.58. The van der Waals surface area contributed by atoms with Crippen molar-refractivity contribution in [3.8, 4) is 0 Å². The average molecular weight is 225 g/mol. The van der Waals surface area contributed by atoms with E-state index in [2.05, 4.69) is 27.9 Å². The van der Waals surface area contributed by atoms with Crippen LogP contribution in [0.4, 0.5) is 0 Å². The Morgan fingerprint density at radius 2 is 2.53 bits per heavy atom. The Balaban J connectivity index is 2.26. The van der Waals surface area contributed by atoms with Crippen LogP contribution in [0.5, 0.6) is 0 Å². The van der Waals surface area contributed by atoms with Crippen molar-refractivity contribution in [2.75, 3.05) is 13.7 Å². The molecule has 0 saturated carbocycles. The molecule has 82 valence electrons. The minimum absolute atomic E-state index is 0.127. The molecule has 1 aliphatic rings. The van der Waals surface area contributed by atoms with Crippen molar-refractivity contribution in [2.45, 2.75) is 25.8 Å². The van der Waals surface area contributed by atoms with E-state index in [9.17, 15) is 0 Å². The number of ether oxygens (including phenoxy) is 1. The van der Waals surface area contributed by atoms with Gasteiger partial charge in [-0.15, -0.1) is 5.10 Å². The van der Waals surface area contributed by atoms with Gasteiger partial charge < -0.3 is 10.1 Å². The van der Waals surface area contributed by atoms with Crippen molar-refractivity contribution in [1.82, 2.24) is 14.9 Å². The second-order valence-electron chi connectivity index (χ2n) is 3.40. The van der Waals surface area contributed by atoms with Crippen molar-refractivity contribution in [3.63, 3.8) is 0 Å². The van der Waals surface area contributed by atoms with Gasteiger partial charge in [0, 0.05) is 6.42 Å². The predicted molar refractivity (Wildman–Crippen MR) is 59.7 cm³/mol. The van der Waals surface area contributed by atoms with Crippen LogP contribution in [-0.4, -0.2) is 23.2 Å². The summed E-state index contributed by atoms with van der Waals surface area (Å²) in [5.74, 6) is 1.01. The Morgan fingerprint density at radius 3 is 3.13 bits per heavy atom. The maximum atomic E-state index is 5.58. The first kappa shape index (κ1) is 10.6. The van der Waals surface area contributed by atoms with Crippen LogP contribution in [-0.2, 0) is 11.2 Å². The number of nitrogens with zero attached hydrogens (tertiary/aromatic N) is 2. The molecule has 4 nitrogen and oxygen atoms in total. The Hall–Kier alpha value is -0.940. The van der Waals surface area contributed by atoms with E-state index in [1.807, 2.05) is 7.05 Å². The van der Waals surface area contributed by atoms with Gasteiger partial charge in [0.25, 0.3) is 0 Å². The van der Waals surface area contributed by atoms with E-state index in [1.54, 1.807) is 0 Å². The number of hydrogen-bond donors (Lipinski definition) is 1. The van der Waals surface area contributed by atoms with Crippen molar-refractivity contribution in [2.24, 2.45) is 0 Å². The molecule has 1 unspecified atom stereocenters. The Morgan fingerprint density at radius 1 is 1.67 bits per heavy atom. The SMILES string of the molecule is CCc1nnsc1C(NC)C1=CCCO1. The zero-order chi connectivity index (χ0) is 10.7. The number of nitrogens with one attached hydrogen (secondary N) is 1. The molecule has 2 rings (SSSR count). The highest BCUT2D eigenvalue weighted by Gasteiger charge is 2.23. The molecule has 0 radical (unpaired) electrons. The molecule has 0 spiro atoms. The second-order valence-corrected chi connectivity index (χ2v) is 4.19. The van der Waals surface area contributed by atoms with Gasteiger partial charge in [0.2, 0.25) is 0 Å². The molecule has 0 bridgehead atoms. The summed E-state index contributed by atoms with van der Waals surface area (Å²) in [6, 6.07) is 0.127. The van der Waals surface area contributed by atoms with Gasteiger partial charge in [0.05, 0.1) is 17.2 Å². The molecule has 1 atom stereocenters. The molecular weight excluding hydrogens is 210 g/mol. The fourth-order valence-corrected chi connectivity index (χ4v) is 2.58. The summed E-state index contributed by atoms with van der Waals surface area (Å²) in [6.45, 7) is 2.89. The van der Waals surface area contributed by atoms with Crippen LogP contribution in [0.25, 0.3) is 0 Å². The van der Waals surface area contributed by atoms with Gasteiger partial charge >= 0.3 is 0 Å². The van der Waals surface area contributed by atoms with E-state index >= 15 is 0 Å². The van der Waals surface area contributed by atoms with E-state index in [0.29, 0.717) is 0 Å². The van der Waals surface area contributed by atoms with Crippen LogP contribution in [0.15, 0.2) is 11.8 Å². The quantitative estimate of drug-likeness (QED) is 0.846. The lowest BCUT2D eigenvalue weighted by Crippen LogP contribution is -2.19. The third-order valence-electron chi connectivity index (χ3n) is 2.49. The minimum Gasteiger partial charge on any atom is -0.496 e. The van der Waals surface area contributed by atoms with E-state index in [-0.39, 0.29) is 6.04 Å². The third kappa shape index (κ3) is 2.03. The summed E-state index contributed by atoms with van der Waals surface area (Å²) in [7, 11) is 1.94. The van der Waals surface area contributed by atoms with E-state index in [1.165, 1.54) is 16.4 Å². The largest absolute Gasteiger partial charge is 0.496 e. The number of aryl methyl sites for hydroxylation is 1. The number of hydrogen-bond acceptors (Lipinski definition) is 5. The van der Waals surface area contributed by atoms with Gasteiger partial charge in [-0.1, -0.05) is 11.4 Å². The molecule has 0 aromatic carbocycles. The Labute approximate surface area is 93.5 Å². The normalized spacial score (nSPS) is 17.3. The average Bonchev–Trinajstić information content (AvgIpc) is 2.89. The summed E-state index contributed by atoms with van der Waals surface area (Å²) < 4.78 is 9.58. The van der Waals surface area contributed by atoms with Crippen LogP contribution in [0, 0.1) is 0 Å². The molecular formula is C10H15N3OS. The van der Waals surface area contributed by atoms with Crippen molar-refractivity contribution >= 4 is 11.5 Å². The van der Waals surface area contributed by atoms with Gasteiger partial charge in [-0.25, -0.2) is 0 Å². The number of rotatable bonds is 4. The number of aromatic nitrogens is 2. The first-order chi connectivity index (χ1) is 7.36. The highest BCUT2D eigenvalue weighted by Crippen LogP contribution is 2.30. The number of likely N-dealkylation sites (N-methyl/N-ethyl adjacent to an activating group) is 1. The summed E-state index contributed by atoms with van der Waals surface area (Å²) in [4.78, 5) is 1.17. The van der Waals surface area contributed by atoms with Crippen LogP contribution in [0.3, 0.4) is 0 Å². The van der Waals surface area contributed by atoms with Crippen molar-refractivity contribution in [3.05, 3.63) is 22.4 Å². The van der Waals surface area contributed by atoms with Gasteiger partial charge in [0.15, 0.2) is 0 Å². The van der Waals surface area contributed by atoms with Crippen LogP contribution in [0.2, 0.25) is 0 Å². The zero-order valence-corrected chi connectivity index (χ0v) is 9.80. The van der Waals surface area contributed by atoms with Gasteiger partial charge in [0.1, 0.15) is 11.8 Å². The van der Waals surface area contributed by atoms with Gasteiger partial charge in [-0.2, -0.15) is 0 Å². The molecule has 5 heteroatoms.